The summed E-state index contributed by atoms with van der Waals surface area (Å²) >= 11 is 0. The summed E-state index contributed by atoms with van der Waals surface area (Å²) in [6.45, 7) is 14.8. The summed E-state index contributed by atoms with van der Waals surface area (Å²) in [4.78, 5) is 8.93. The van der Waals surface area contributed by atoms with Gasteiger partial charge in [-0.1, -0.05) is 34.6 Å². The second-order valence-electron chi connectivity index (χ2n) is 5.94. The average Bonchev–Trinajstić information content (AvgIpc) is 2.83. The van der Waals surface area contributed by atoms with Crippen molar-refractivity contribution in [3.8, 4) is 0 Å². The van der Waals surface area contributed by atoms with Crippen molar-refractivity contribution in [1.29, 1.82) is 0 Å². The van der Waals surface area contributed by atoms with Crippen LogP contribution in [-0.4, -0.2) is 14.5 Å². The van der Waals surface area contributed by atoms with Crippen molar-refractivity contribution < 1.29 is 0 Å². The van der Waals surface area contributed by atoms with Crippen molar-refractivity contribution >= 4 is 22.1 Å². The van der Waals surface area contributed by atoms with Gasteiger partial charge in [0.1, 0.15) is 11.3 Å². The molecule has 3 aromatic heterocycles. The molecule has 0 amide bonds. The molecule has 3 nitrogen and oxygen atoms in total. The van der Waals surface area contributed by atoms with E-state index in [2.05, 4.69) is 61.3 Å². The summed E-state index contributed by atoms with van der Waals surface area (Å²) in [6.07, 6.45) is 3.67. The first kappa shape index (κ1) is 18.1. The molecule has 0 aliphatic heterocycles. The van der Waals surface area contributed by atoms with Crippen molar-refractivity contribution in [3.63, 3.8) is 0 Å². The van der Waals surface area contributed by atoms with Crippen LogP contribution in [0.25, 0.3) is 22.1 Å². The number of aromatic nitrogens is 3. The molecule has 0 saturated heterocycles. The molecular weight excluding hydrogens is 270 g/mol. The predicted molar refractivity (Wildman–Crippen MR) is 97.3 cm³/mol. The van der Waals surface area contributed by atoms with Crippen LogP contribution in [0.4, 0.5) is 0 Å². The van der Waals surface area contributed by atoms with E-state index in [9.17, 15) is 0 Å². The summed E-state index contributed by atoms with van der Waals surface area (Å²) < 4.78 is 2.19. The minimum absolute atomic E-state index is 0.366. The van der Waals surface area contributed by atoms with Gasteiger partial charge in [-0.15, -0.1) is 0 Å². The fourth-order valence-electron chi connectivity index (χ4n) is 2.19. The van der Waals surface area contributed by atoms with E-state index in [4.69, 9.17) is 0 Å². The SMILES string of the molecule is CC.CC(C)C.CC(C)n1c2ncccc2c2cccnc21. The average molecular weight is 299 g/mol. The number of hydrogen-bond donors (Lipinski definition) is 0. The topological polar surface area (TPSA) is 30.7 Å². The van der Waals surface area contributed by atoms with E-state index in [0.29, 0.717) is 6.04 Å². The molecular formula is C19H29N3. The molecule has 3 heterocycles. The molecule has 0 aromatic carbocycles. The first-order valence-electron chi connectivity index (χ1n) is 8.22. The second-order valence-corrected chi connectivity index (χ2v) is 5.94. The normalized spacial score (nSPS) is 10.4. The lowest BCUT2D eigenvalue weighted by Gasteiger charge is -2.09. The van der Waals surface area contributed by atoms with Crippen LogP contribution in [0.2, 0.25) is 0 Å². The molecule has 120 valence electrons. The maximum absolute atomic E-state index is 4.46. The van der Waals surface area contributed by atoms with Gasteiger partial charge in [-0.05, 0) is 44.0 Å². The largest absolute Gasteiger partial charge is 0.307 e. The molecule has 0 bridgehead atoms. The maximum Gasteiger partial charge on any atom is 0.142 e. The van der Waals surface area contributed by atoms with E-state index in [1.807, 2.05) is 38.4 Å². The minimum Gasteiger partial charge on any atom is -0.307 e. The standard InChI is InChI=1S/C13H13N3.C4H10.C2H6/c1-9(2)16-12-10(5-3-7-14-12)11-6-4-8-15-13(11)16;1-4(2)3;1-2/h3-9H,1-2H3;4H,1-3H3;1-2H3. The third-order valence-corrected chi connectivity index (χ3v) is 2.84. The Morgan fingerprint density at radius 1 is 0.773 bits per heavy atom. The fraction of sp³-hybridized carbons (Fsp3) is 0.474. The van der Waals surface area contributed by atoms with Crippen LogP contribution in [0.5, 0.6) is 0 Å². The van der Waals surface area contributed by atoms with E-state index in [1.165, 1.54) is 10.8 Å². The van der Waals surface area contributed by atoms with E-state index in [-0.39, 0.29) is 0 Å². The smallest absolute Gasteiger partial charge is 0.142 e. The highest BCUT2D eigenvalue weighted by Gasteiger charge is 2.13. The zero-order chi connectivity index (χ0) is 16.7. The summed E-state index contributed by atoms with van der Waals surface area (Å²) in [5.41, 5.74) is 2.04. The van der Waals surface area contributed by atoms with Crippen molar-refractivity contribution in [2.75, 3.05) is 0 Å². The number of pyridine rings is 2. The summed E-state index contributed by atoms with van der Waals surface area (Å²) in [5.74, 6) is 0.833. The Morgan fingerprint density at radius 3 is 1.45 bits per heavy atom. The Kier molecular flexibility index (Phi) is 7.03. The fourth-order valence-corrected chi connectivity index (χ4v) is 2.19. The van der Waals surface area contributed by atoms with E-state index in [1.54, 1.807) is 0 Å². The molecule has 0 fully saturated rings. The third-order valence-electron chi connectivity index (χ3n) is 2.84. The Morgan fingerprint density at radius 2 is 1.14 bits per heavy atom. The third kappa shape index (κ3) is 4.06. The highest BCUT2D eigenvalue weighted by Crippen LogP contribution is 2.28. The van der Waals surface area contributed by atoms with Crippen molar-refractivity contribution in [2.24, 2.45) is 5.92 Å². The van der Waals surface area contributed by atoms with Gasteiger partial charge >= 0.3 is 0 Å². The zero-order valence-corrected chi connectivity index (χ0v) is 15.0. The van der Waals surface area contributed by atoms with Gasteiger partial charge in [-0.3, -0.25) is 0 Å². The Bertz CT molecular complexity index is 640. The molecule has 0 unspecified atom stereocenters. The molecule has 3 aromatic rings. The Balaban J connectivity index is 0.000000354. The van der Waals surface area contributed by atoms with Crippen LogP contribution in [0, 0.1) is 5.92 Å². The van der Waals surface area contributed by atoms with Gasteiger partial charge in [0.05, 0.1) is 0 Å². The van der Waals surface area contributed by atoms with E-state index < -0.39 is 0 Å². The number of fused-ring (bicyclic) bond motifs is 3. The van der Waals surface area contributed by atoms with E-state index in [0.717, 1.165) is 17.2 Å². The lowest BCUT2D eigenvalue weighted by molar-refractivity contribution is 0.632. The number of nitrogens with zero attached hydrogens (tertiary/aromatic N) is 3. The maximum atomic E-state index is 4.46. The van der Waals surface area contributed by atoms with Crippen LogP contribution in [-0.2, 0) is 0 Å². The monoisotopic (exact) mass is 299 g/mol. The van der Waals surface area contributed by atoms with Gasteiger partial charge in [-0.2, -0.15) is 0 Å². The quantitative estimate of drug-likeness (QED) is 0.564. The predicted octanol–water partition coefficient (Wildman–Crippen LogP) is 5.85. The lowest BCUT2D eigenvalue weighted by Crippen LogP contribution is -2.01. The molecule has 0 aliphatic carbocycles. The van der Waals surface area contributed by atoms with Gasteiger partial charge in [0.2, 0.25) is 0 Å². The van der Waals surface area contributed by atoms with Crippen molar-refractivity contribution in [1.82, 2.24) is 14.5 Å². The number of hydrogen-bond acceptors (Lipinski definition) is 2. The summed E-state index contributed by atoms with van der Waals surface area (Å²) in [6, 6.07) is 8.51. The van der Waals surface area contributed by atoms with Gasteiger partial charge in [0.25, 0.3) is 0 Å². The first-order valence-corrected chi connectivity index (χ1v) is 8.22. The van der Waals surface area contributed by atoms with E-state index >= 15 is 0 Å². The molecule has 3 heteroatoms. The molecule has 0 atom stereocenters. The van der Waals surface area contributed by atoms with Crippen molar-refractivity contribution in [3.05, 3.63) is 36.7 Å². The van der Waals surface area contributed by atoms with Crippen LogP contribution in [0.1, 0.15) is 54.5 Å². The molecule has 0 radical (unpaired) electrons. The van der Waals surface area contributed by atoms with Gasteiger partial charge < -0.3 is 4.57 Å². The van der Waals surface area contributed by atoms with Crippen LogP contribution >= 0.6 is 0 Å². The zero-order valence-electron chi connectivity index (χ0n) is 15.0. The van der Waals surface area contributed by atoms with Crippen LogP contribution in [0.3, 0.4) is 0 Å². The molecule has 0 spiro atoms. The summed E-state index contributed by atoms with van der Waals surface area (Å²) in [7, 11) is 0. The van der Waals surface area contributed by atoms with Gasteiger partial charge in [0.15, 0.2) is 0 Å². The molecule has 0 aliphatic rings. The minimum atomic E-state index is 0.366. The van der Waals surface area contributed by atoms with Gasteiger partial charge in [-0.25, -0.2) is 9.97 Å². The van der Waals surface area contributed by atoms with Gasteiger partial charge in [0, 0.05) is 29.2 Å². The molecule has 0 saturated carbocycles. The second kappa shape index (κ2) is 8.52. The summed E-state index contributed by atoms with van der Waals surface area (Å²) in [5, 5.41) is 2.36. The lowest BCUT2D eigenvalue weighted by atomic mass is 10.2. The highest BCUT2D eigenvalue weighted by atomic mass is 15.1. The molecule has 0 N–H and O–H groups in total. The Hall–Kier alpha value is -1.90. The van der Waals surface area contributed by atoms with Crippen molar-refractivity contribution in [2.45, 2.75) is 54.5 Å². The number of rotatable bonds is 1. The molecule has 22 heavy (non-hydrogen) atoms. The highest BCUT2D eigenvalue weighted by molar-refractivity contribution is 6.05. The molecule has 3 rings (SSSR count). The van der Waals surface area contributed by atoms with Crippen LogP contribution < -0.4 is 0 Å². The van der Waals surface area contributed by atoms with Crippen LogP contribution in [0.15, 0.2) is 36.7 Å². The Labute approximate surface area is 134 Å². The first-order chi connectivity index (χ1) is 10.5.